The Balaban J connectivity index is 1.29. The highest BCUT2D eigenvalue weighted by molar-refractivity contribution is 9.10. The number of carbonyl (C=O) groups excluding carboxylic acids is 1. The molecule has 1 aliphatic rings. The second kappa shape index (κ2) is 9.22. The van der Waals surface area contributed by atoms with E-state index in [9.17, 15) is 22.4 Å². The fourth-order valence-electron chi connectivity index (χ4n) is 2.98. The third kappa shape index (κ3) is 5.89. The van der Waals surface area contributed by atoms with Crippen molar-refractivity contribution in [3.63, 3.8) is 0 Å². The van der Waals surface area contributed by atoms with Gasteiger partial charge in [-0.25, -0.2) is 14.4 Å². The van der Waals surface area contributed by atoms with E-state index in [1.807, 2.05) is 4.90 Å². The summed E-state index contributed by atoms with van der Waals surface area (Å²) in [6, 6.07) is 8.92. The van der Waals surface area contributed by atoms with E-state index in [1.54, 1.807) is 6.07 Å². The van der Waals surface area contributed by atoms with Gasteiger partial charge in [0.15, 0.2) is 0 Å². The minimum absolute atomic E-state index is 0.0337. The molecule has 1 aromatic heterocycles. The number of aromatic nitrogens is 2. The van der Waals surface area contributed by atoms with Crippen molar-refractivity contribution in [3.05, 3.63) is 70.8 Å². The van der Waals surface area contributed by atoms with Crippen molar-refractivity contribution in [2.24, 2.45) is 0 Å². The number of halogens is 5. The second-order valence-electron chi connectivity index (χ2n) is 7.01. The van der Waals surface area contributed by atoms with Crippen LogP contribution >= 0.6 is 15.9 Å². The number of nitrogens with one attached hydrogen (secondary N) is 1. The van der Waals surface area contributed by atoms with Crippen molar-refractivity contribution < 1.29 is 31.8 Å². The predicted molar refractivity (Wildman–Crippen MR) is 114 cm³/mol. The first-order chi connectivity index (χ1) is 15.7. The van der Waals surface area contributed by atoms with Crippen LogP contribution in [0.2, 0.25) is 0 Å². The van der Waals surface area contributed by atoms with E-state index < -0.39 is 23.8 Å². The quantitative estimate of drug-likeness (QED) is 0.465. The zero-order valence-electron chi connectivity index (χ0n) is 16.6. The highest BCUT2D eigenvalue weighted by Gasteiger charge is 2.31. The van der Waals surface area contributed by atoms with Gasteiger partial charge in [-0.1, -0.05) is 0 Å². The number of ether oxygens (including phenoxy) is 2. The van der Waals surface area contributed by atoms with Crippen LogP contribution in [0, 0.1) is 5.82 Å². The van der Waals surface area contributed by atoms with Crippen molar-refractivity contribution in [1.29, 1.82) is 0 Å². The van der Waals surface area contributed by atoms with E-state index in [1.165, 1.54) is 36.7 Å². The number of hydrogen-bond acceptors (Lipinski definition) is 6. The van der Waals surface area contributed by atoms with Crippen LogP contribution in [0.4, 0.5) is 29.1 Å². The zero-order valence-corrected chi connectivity index (χ0v) is 18.2. The normalized spacial score (nSPS) is 13.9. The number of rotatable bonds is 6. The smallest absolute Gasteiger partial charge is 0.485 e. The average molecular weight is 527 g/mol. The van der Waals surface area contributed by atoms with E-state index >= 15 is 0 Å². The molecule has 0 saturated carbocycles. The maximum atomic E-state index is 13.4. The molecule has 33 heavy (non-hydrogen) atoms. The Bertz CT molecular complexity index is 1140. The highest BCUT2D eigenvalue weighted by Crippen LogP contribution is 2.29. The first-order valence-electron chi connectivity index (χ1n) is 9.52. The molecule has 1 amide bonds. The van der Waals surface area contributed by atoms with E-state index in [4.69, 9.17) is 4.74 Å². The topological polar surface area (TPSA) is 76.6 Å². The maximum Gasteiger partial charge on any atom is 0.573 e. The minimum atomic E-state index is -4.79. The molecule has 2 aromatic carbocycles. The minimum Gasteiger partial charge on any atom is -0.485 e. The second-order valence-corrected chi connectivity index (χ2v) is 7.86. The Kier molecular flexibility index (Phi) is 6.36. The van der Waals surface area contributed by atoms with Crippen LogP contribution in [0.25, 0.3) is 0 Å². The molecule has 1 fully saturated rings. The molecular formula is C21H15BrF4N4O3. The van der Waals surface area contributed by atoms with E-state index in [-0.39, 0.29) is 17.5 Å². The SMILES string of the molecule is O=C(Nc1ccc(OC(F)(F)F)cc1)c1cnc(N2CC(Oc3cc(F)ccc3Br)C2)cn1. The number of benzene rings is 2. The molecule has 172 valence electrons. The summed E-state index contributed by atoms with van der Waals surface area (Å²) in [6.07, 6.45) is -2.22. The van der Waals surface area contributed by atoms with Crippen molar-refractivity contribution in [2.75, 3.05) is 23.3 Å². The first kappa shape index (κ1) is 22.8. The lowest BCUT2D eigenvalue weighted by Crippen LogP contribution is -2.54. The summed E-state index contributed by atoms with van der Waals surface area (Å²) in [5.41, 5.74) is 0.304. The molecule has 0 bridgehead atoms. The largest absolute Gasteiger partial charge is 0.573 e. The van der Waals surface area contributed by atoms with Crippen LogP contribution in [0.15, 0.2) is 59.3 Å². The van der Waals surface area contributed by atoms with Crippen molar-refractivity contribution >= 4 is 33.3 Å². The van der Waals surface area contributed by atoms with Gasteiger partial charge in [0, 0.05) is 11.8 Å². The van der Waals surface area contributed by atoms with Crippen LogP contribution in [0.1, 0.15) is 10.5 Å². The lowest BCUT2D eigenvalue weighted by Gasteiger charge is -2.39. The zero-order chi connectivity index (χ0) is 23.6. The number of carbonyl (C=O) groups is 1. The van der Waals surface area contributed by atoms with Gasteiger partial charge in [-0.15, -0.1) is 13.2 Å². The highest BCUT2D eigenvalue weighted by atomic mass is 79.9. The standard InChI is InChI=1S/C21H15BrF4N4O3/c22-16-6-1-12(23)7-18(16)32-15-10-30(11-15)19-9-27-17(8-28-19)20(31)29-13-2-4-14(5-3-13)33-21(24,25)26/h1-9,15H,10-11H2,(H,29,31). The van der Waals surface area contributed by atoms with Gasteiger partial charge >= 0.3 is 6.36 Å². The van der Waals surface area contributed by atoms with Gasteiger partial charge in [0.2, 0.25) is 0 Å². The molecule has 12 heteroatoms. The van der Waals surface area contributed by atoms with Crippen LogP contribution in [0.5, 0.6) is 11.5 Å². The van der Waals surface area contributed by atoms with E-state index in [0.29, 0.717) is 29.1 Å². The Morgan fingerprint density at radius 2 is 1.82 bits per heavy atom. The van der Waals surface area contributed by atoms with Gasteiger partial charge < -0.3 is 19.7 Å². The van der Waals surface area contributed by atoms with Crippen molar-refractivity contribution in [3.8, 4) is 11.5 Å². The monoisotopic (exact) mass is 526 g/mol. The van der Waals surface area contributed by atoms with Gasteiger partial charge in [-0.05, 0) is 52.3 Å². The van der Waals surface area contributed by atoms with Crippen LogP contribution in [0.3, 0.4) is 0 Å². The lowest BCUT2D eigenvalue weighted by atomic mass is 10.1. The summed E-state index contributed by atoms with van der Waals surface area (Å²) in [5, 5.41) is 2.52. The van der Waals surface area contributed by atoms with Gasteiger partial charge in [0.25, 0.3) is 5.91 Å². The summed E-state index contributed by atoms with van der Waals surface area (Å²) in [7, 11) is 0. The fourth-order valence-corrected chi connectivity index (χ4v) is 3.32. The third-order valence-electron chi connectivity index (χ3n) is 4.58. The Morgan fingerprint density at radius 3 is 2.45 bits per heavy atom. The molecule has 0 radical (unpaired) electrons. The molecule has 1 saturated heterocycles. The van der Waals surface area contributed by atoms with Gasteiger partial charge in [-0.3, -0.25) is 4.79 Å². The number of anilines is 2. The Hall–Kier alpha value is -3.41. The van der Waals surface area contributed by atoms with Crippen molar-refractivity contribution in [2.45, 2.75) is 12.5 Å². The van der Waals surface area contributed by atoms with Crippen LogP contribution in [-0.2, 0) is 0 Å². The summed E-state index contributed by atoms with van der Waals surface area (Å²) in [6.45, 7) is 1.02. The molecular weight excluding hydrogens is 512 g/mol. The maximum absolute atomic E-state index is 13.4. The average Bonchev–Trinajstić information content (AvgIpc) is 2.73. The van der Waals surface area contributed by atoms with Gasteiger partial charge in [0.05, 0.1) is 30.0 Å². The molecule has 7 nitrogen and oxygen atoms in total. The molecule has 0 atom stereocenters. The van der Waals surface area contributed by atoms with Gasteiger partial charge in [-0.2, -0.15) is 0 Å². The molecule has 0 aliphatic carbocycles. The summed E-state index contributed by atoms with van der Waals surface area (Å²) in [4.78, 5) is 22.5. The number of nitrogens with zero attached hydrogens (tertiary/aromatic N) is 3. The molecule has 3 aromatic rings. The van der Waals surface area contributed by atoms with E-state index in [2.05, 4.69) is 36.0 Å². The summed E-state index contributed by atoms with van der Waals surface area (Å²) in [5.74, 6) is -0.408. The van der Waals surface area contributed by atoms with Crippen LogP contribution in [-0.4, -0.2) is 41.4 Å². The Labute approximate surface area is 193 Å². The first-order valence-corrected chi connectivity index (χ1v) is 10.3. The van der Waals surface area contributed by atoms with Gasteiger partial charge in [0.1, 0.15) is 34.9 Å². The molecule has 2 heterocycles. The third-order valence-corrected chi connectivity index (χ3v) is 5.23. The summed E-state index contributed by atoms with van der Waals surface area (Å²) >= 11 is 3.32. The molecule has 0 spiro atoms. The Morgan fingerprint density at radius 1 is 1.09 bits per heavy atom. The summed E-state index contributed by atoms with van der Waals surface area (Å²) < 4.78 is 60.2. The molecule has 0 unspecified atom stereocenters. The number of hydrogen-bond donors (Lipinski definition) is 1. The molecule has 4 rings (SSSR count). The number of alkyl halides is 3. The van der Waals surface area contributed by atoms with Crippen LogP contribution < -0.4 is 19.7 Å². The number of amides is 1. The van der Waals surface area contributed by atoms with Crippen molar-refractivity contribution in [1.82, 2.24) is 9.97 Å². The molecule has 1 N–H and O–H groups in total. The predicted octanol–water partition coefficient (Wildman–Crippen LogP) is 4.80. The fraction of sp³-hybridized carbons (Fsp3) is 0.190. The van der Waals surface area contributed by atoms with E-state index in [0.717, 1.165) is 12.1 Å². The lowest BCUT2D eigenvalue weighted by molar-refractivity contribution is -0.274. The molecule has 1 aliphatic heterocycles.